The highest BCUT2D eigenvalue weighted by atomic mass is 16.6. The van der Waals surface area contributed by atoms with Crippen LogP contribution in [0.5, 0.6) is 0 Å². The van der Waals surface area contributed by atoms with E-state index in [1.807, 2.05) is 6.92 Å². The zero-order valence-electron chi connectivity index (χ0n) is 10.4. The lowest BCUT2D eigenvalue weighted by Gasteiger charge is -2.20. The molecule has 19 heavy (non-hydrogen) atoms. The molecule has 2 heterocycles. The molecule has 0 atom stereocenters. The van der Waals surface area contributed by atoms with E-state index in [0.29, 0.717) is 18.8 Å². The Morgan fingerprint density at radius 3 is 2.84 bits per heavy atom. The van der Waals surface area contributed by atoms with Gasteiger partial charge in [-0.15, -0.1) is 0 Å². The van der Waals surface area contributed by atoms with Crippen LogP contribution in [-0.2, 0) is 6.54 Å². The van der Waals surface area contributed by atoms with Crippen molar-refractivity contribution in [3.05, 3.63) is 46.4 Å². The van der Waals surface area contributed by atoms with Gasteiger partial charge in [0, 0.05) is 12.6 Å². The second kappa shape index (κ2) is 5.38. The van der Waals surface area contributed by atoms with E-state index >= 15 is 0 Å². The first-order valence-corrected chi connectivity index (χ1v) is 5.80. The van der Waals surface area contributed by atoms with Gasteiger partial charge in [0.15, 0.2) is 0 Å². The van der Waals surface area contributed by atoms with Crippen LogP contribution in [0.2, 0.25) is 0 Å². The van der Waals surface area contributed by atoms with E-state index in [1.165, 1.54) is 12.1 Å². The van der Waals surface area contributed by atoms with Gasteiger partial charge >= 0.3 is 5.69 Å². The summed E-state index contributed by atoms with van der Waals surface area (Å²) in [6, 6.07) is 6.36. The number of hydrogen-bond donors (Lipinski definition) is 1. The highest BCUT2D eigenvalue weighted by Crippen LogP contribution is 2.27. The fraction of sp³-hybridized carbons (Fsp3) is 0.250. The van der Waals surface area contributed by atoms with Gasteiger partial charge in [0.1, 0.15) is 11.6 Å². The van der Waals surface area contributed by atoms with Crippen molar-refractivity contribution >= 4 is 17.3 Å². The first kappa shape index (κ1) is 12.9. The Balaban J connectivity index is 2.36. The number of nitrogens with two attached hydrogens (primary N) is 1. The number of nitrogens with zero attached hydrogens (tertiary/aromatic N) is 3. The van der Waals surface area contributed by atoms with Gasteiger partial charge in [0.2, 0.25) is 5.82 Å². The second-order valence-electron chi connectivity index (χ2n) is 3.93. The summed E-state index contributed by atoms with van der Waals surface area (Å²) in [5, 5.41) is 11.0. The summed E-state index contributed by atoms with van der Waals surface area (Å²) >= 11 is 0. The molecule has 2 rings (SSSR count). The highest BCUT2D eigenvalue weighted by Gasteiger charge is 2.21. The van der Waals surface area contributed by atoms with Gasteiger partial charge in [0.25, 0.3) is 0 Å². The Morgan fingerprint density at radius 2 is 2.26 bits per heavy atom. The standard InChI is InChI=1S/C12H14N4O3/c1-2-15(8-9-4-3-7-19-9)12-10(16(17)18)5-6-11(13)14-12/h3-7H,2,8H2,1H3,(H2,13,14). The van der Waals surface area contributed by atoms with Gasteiger partial charge in [-0.05, 0) is 25.1 Å². The monoisotopic (exact) mass is 262 g/mol. The van der Waals surface area contributed by atoms with Crippen molar-refractivity contribution in [2.75, 3.05) is 17.2 Å². The van der Waals surface area contributed by atoms with Crippen molar-refractivity contribution in [3.63, 3.8) is 0 Å². The fourth-order valence-corrected chi connectivity index (χ4v) is 1.76. The van der Waals surface area contributed by atoms with Crippen LogP contribution in [-0.4, -0.2) is 16.5 Å². The maximum Gasteiger partial charge on any atom is 0.311 e. The van der Waals surface area contributed by atoms with Crippen molar-refractivity contribution < 1.29 is 9.34 Å². The van der Waals surface area contributed by atoms with Crippen LogP contribution in [0.4, 0.5) is 17.3 Å². The topological polar surface area (TPSA) is 98.4 Å². The SMILES string of the molecule is CCN(Cc1ccco1)c1nc(N)ccc1[N+](=O)[O-]. The Hall–Kier alpha value is -2.57. The van der Waals surface area contributed by atoms with Crippen molar-refractivity contribution in [2.45, 2.75) is 13.5 Å². The molecular formula is C12H14N4O3. The number of anilines is 2. The zero-order valence-corrected chi connectivity index (χ0v) is 10.4. The molecular weight excluding hydrogens is 248 g/mol. The molecule has 0 spiro atoms. The van der Waals surface area contributed by atoms with E-state index in [1.54, 1.807) is 23.3 Å². The molecule has 0 radical (unpaired) electrons. The number of pyridine rings is 1. The lowest BCUT2D eigenvalue weighted by molar-refractivity contribution is -0.384. The third kappa shape index (κ3) is 2.82. The first-order chi connectivity index (χ1) is 9.11. The Labute approximate surface area is 109 Å². The molecule has 0 aromatic carbocycles. The van der Waals surface area contributed by atoms with E-state index in [4.69, 9.17) is 10.2 Å². The van der Waals surface area contributed by atoms with Crippen LogP contribution in [0.15, 0.2) is 34.9 Å². The van der Waals surface area contributed by atoms with Crippen LogP contribution >= 0.6 is 0 Å². The molecule has 100 valence electrons. The quantitative estimate of drug-likeness (QED) is 0.655. The maximum atomic E-state index is 11.0. The highest BCUT2D eigenvalue weighted by molar-refractivity contribution is 5.60. The number of aromatic nitrogens is 1. The number of hydrogen-bond acceptors (Lipinski definition) is 6. The van der Waals surface area contributed by atoms with Crippen molar-refractivity contribution in [2.24, 2.45) is 0 Å². The predicted octanol–water partition coefficient (Wildman–Crippen LogP) is 2.19. The molecule has 7 nitrogen and oxygen atoms in total. The van der Waals surface area contributed by atoms with E-state index in [0.717, 1.165) is 0 Å². The van der Waals surface area contributed by atoms with Crippen LogP contribution in [0, 0.1) is 10.1 Å². The molecule has 2 aromatic rings. The lowest BCUT2D eigenvalue weighted by Crippen LogP contribution is -2.24. The van der Waals surface area contributed by atoms with Crippen LogP contribution in [0.25, 0.3) is 0 Å². The molecule has 2 aromatic heterocycles. The van der Waals surface area contributed by atoms with E-state index in [-0.39, 0.29) is 17.3 Å². The number of furan rings is 1. The summed E-state index contributed by atoms with van der Waals surface area (Å²) < 4.78 is 5.25. The van der Waals surface area contributed by atoms with E-state index in [2.05, 4.69) is 4.98 Å². The van der Waals surface area contributed by atoms with Gasteiger partial charge in [-0.25, -0.2) is 4.98 Å². The Bertz CT molecular complexity index is 568. The molecule has 0 fully saturated rings. The number of rotatable bonds is 5. The average molecular weight is 262 g/mol. The molecule has 0 aliphatic rings. The summed E-state index contributed by atoms with van der Waals surface area (Å²) in [6.07, 6.45) is 1.56. The minimum atomic E-state index is -0.466. The van der Waals surface area contributed by atoms with Crippen molar-refractivity contribution in [3.8, 4) is 0 Å². The second-order valence-corrected chi connectivity index (χ2v) is 3.93. The minimum absolute atomic E-state index is 0.0670. The summed E-state index contributed by atoms with van der Waals surface area (Å²) in [5.41, 5.74) is 5.54. The molecule has 0 saturated heterocycles. The lowest BCUT2D eigenvalue weighted by atomic mass is 10.3. The summed E-state index contributed by atoms with van der Waals surface area (Å²) in [7, 11) is 0. The predicted molar refractivity (Wildman–Crippen MR) is 70.7 cm³/mol. The number of nitrogen functional groups attached to an aromatic ring is 1. The molecule has 0 amide bonds. The first-order valence-electron chi connectivity index (χ1n) is 5.80. The fourth-order valence-electron chi connectivity index (χ4n) is 1.76. The van der Waals surface area contributed by atoms with Crippen molar-refractivity contribution in [1.29, 1.82) is 0 Å². The van der Waals surface area contributed by atoms with Crippen LogP contribution in [0.1, 0.15) is 12.7 Å². The third-order valence-corrected chi connectivity index (χ3v) is 2.68. The Kier molecular flexibility index (Phi) is 3.65. The minimum Gasteiger partial charge on any atom is -0.467 e. The van der Waals surface area contributed by atoms with E-state index in [9.17, 15) is 10.1 Å². The average Bonchev–Trinajstić information content (AvgIpc) is 2.88. The molecule has 0 aliphatic carbocycles. The van der Waals surface area contributed by atoms with Crippen molar-refractivity contribution in [1.82, 2.24) is 4.98 Å². The summed E-state index contributed by atoms with van der Waals surface area (Å²) in [6.45, 7) is 2.84. The largest absolute Gasteiger partial charge is 0.467 e. The van der Waals surface area contributed by atoms with Crippen LogP contribution < -0.4 is 10.6 Å². The summed E-state index contributed by atoms with van der Waals surface area (Å²) in [4.78, 5) is 16.4. The van der Waals surface area contributed by atoms with Gasteiger partial charge in [-0.3, -0.25) is 10.1 Å². The molecule has 0 aliphatic heterocycles. The molecule has 0 bridgehead atoms. The zero-order chi connectivity index (χ0) is 13.8. The van der Waals surface area contributed by atoms with Gasteiger partial charge < -0.3 is 15.1 Å². The summed E-state index contributed by atoms with van der Waals surface area (Å²) in [5.74, 6) is 1.21. The normalized spacial score (nSPS) is 10.4. The van der Waals surface area contributed by atoms with Crippen LogP contribution in [0.3, 0.4) is 0 Å². The number of nitro groups is 1. The molecule has 2 N–H and O–H groups in total. The maximum absolute atomic E-state index is 11.0. The molecule has 0 unspecified atom stereocenters. The third-order valence-electron chi connectivity index (χ3n) is 2.68. The smallest absolute Gasteiger partial charge is 0.311 e. The Morgan fingerprint density at radius 1 is 1.47 bits per heavy atom. The molecule has 7 heteroatoms. The van der Waals surface area contributed by atoms with Gasteiger partial charge in [-0.2, -0.15) is 0 Å². The van der Waals surface area contributed by atoms with Gasteiger partial charge in [-0.1, -0.05) is 0 Å². The van der Waals surface area contributed by atoms with E-state index < -0.39 is 4.92 Å². The molecule has 0 saturated carbocycles. The van der Waals surface area contributed by atoms with Gasteiger partial charge in [0.05, 0.1) is 17.7 Å².